The molecule has 0 aromatic carbocycles. The summed E-state index contributed by atoms with van der Waals surface area (Å²) in [5.74, 6) is -2.51. The lowest BCUT2D eigenvalue weighted by Gasteiger charge is -2.58. The van der Waals surface area contributed by atoms with E-state index in [9.17, 15) is 8.78 Å². The highest BCUT2D eigenvalue weighted by Gasteiger charge is 2.62. The summed E-state index contributed by atoms with van der Waals surface area (Å²) in [7, 11) is 0. The maximum Gasteiger partial charge on any atom is 0.268 e. The van der Waals surface area contributed by atoms with Gasteiger partial charge in [0.2, 0.25) is 0 Å². The Labute approximate surface area is 96.6 Å². The van der Waals surface area contributed by atoms with Crippen LogP contribution in [0.25, 0.3) is 0 Å². The topological polar surface area (TPSA) is 6.48 Å². The van der Waals surface area contributed by atoms with Gasteiger partial charge in [0.05, 0.1) is 12.0 Å². The van der Waals surface area contributed by atoms with E-state index in [1.54, 1.807) is 0 Å². The van der Waals surface area contributed by atoms with Crippen LogP contribution in [0.3, 0.4) is 0 Å². The molecule has 0 aromatic rings. The van der Waals surface area contributed by atoms with Crippen LogP contribution < -0.4 is 0 Å². The number of alkyl halides is 2. The summed E-state index contributed by atoms with van der Waals surface area (Å²) in [6, 6.07) is 0.394. The monoisotopic (exact) mass is 232 g/mol. The Morgan fingerprint density at radius 1 is 1.19 bits per heavy atom. The minimum absolute atomic E-state index is 0.0462. The van der Waals surface area contributed by atoms with Crippen molar-refractivity contribution in [1.82, 2.24) is 9.80 Å². The minimum atomic E-state index is -2.51. The van der Waals surface area contributed by atoms with Crippen LogP contribution in [0.1, 0.15) is 27.2 Å². The molecule has 2 aliphatic rings. The van der Waals surface area contributed by atoms with E-state index in [-0.39, 0.29) is 6.54 Å². The predicted octanol–water partition coefficient (Wildman–Crippen LogP) is 2.06. The first-order valence-corrected chi connectivity index (χ1v) is 6.24. The average Bonchev–Trinajstić information content (AvgIpc) is 2.12. The van der Waals surface area contributed by atoms with Crippen molar-refractivity contribution < 1.29 is 8.78 Å². The van der Waals surface area contributed by atoms with E-state index in [4.69, 9.17) is 0 Å². The van der Waals surface area contributed by atoms with Crippen molar-refractivity contribution in [3.63, 3.8) is 0 Å². The third-order valence-corrected chi connectivity index (χ3v) is 4.29. The van der Waals surface area contributed by atoms with Gasteiger partial charge in [-0.05, 0) is 33.4 Å². The number of piperidine rings is 1. The third-order valence-electron chi connectivity index (χ3n) is 4.29. The number of likely N-dealkylation sites (tertiary alicyclic amines) is 2. The second-order valence-electron chi connectivity index (χ2n) is 5.60. The van der Waals surface area contributed by atoms with Crippen molar-refractivity contribution in [1.29, 1.82) is 0 Å². The van der Waals surface area contributed by atoms with E-state index in [1.165, 1.54) is 0 Å². The summed E-state index contributed by atoms with van der Waals surface area (Å²) in [4.78, 5) is 4.01. The Morgan fingerprint density at radius 3 is 2.25 bits per heavy atom. The number of rotatable bonds is 2. The molecule has 0 radical (unpaired) electrons. The summed E-state index contributed by atoms with van der Waals surface area (Å²) in [6.07, 6.45) is 0.650. The lowest BCUT2D eigenvalue weighted by Crippen LogP contribution is -2.71. The highest BCUT2D eigenvalue weighted by atomic mass is 19.3. The largest absolute Gasteiger partial charge is 0.299 e. The van der Waals surface area contributed by atoms with Crippen molar-refractivity contribution in [2.45, 2.75) is 39.2 Å². The molecule has 2 aliphatic heterocycles. The Bertz CT molecular complexity index is 260. The van der Waals surface area contributed by atoms with Crippen molar-refractivity contribution in [2.75, 3.05) is 32.7 Å². The molecule has 2 rings (SSSR count). The molecular weight excluding hydrogens is 210 g/mol. The summed E-state index contributed by atoms with van der Waals surface area (Å²) < 4.78 is 28.2. The fraction of sp³-hybridized carbons (Fsp3) is 1.00. The van der Waals surface area contributed by atoms with Gasteiger partial charge in [0, 0.05) is 19.1 Å². The fourth-order valence-electron chi connectivity index (χ4n) is 2.84. The van der Waals surface area contributed by atoms with Gasteiger partial charge < -0.3 is 0 Å². The molecule has 0 N–H and O–H groups in total. The zero-order valence-corrected chi connectivity index (χ0v) is 10.5. The molecule has 1 spiro atoms. The van der Waals surface area contributed by atoms with E-state index in [0.29, 0.717) is 25.6 Å². The Hall–Kier alpha value is -0.220. The van der Waals surface area contributed by atoms with E-state index < -0.39 is 11.3 Å². The first kappa shape index (κ1) is 12.2. The highest BCUT2D eigenvalue weighted by molar-refractivity contribution is 5.08. The van der Waals surface area contributed by atoms with Crippen LogP contribution in [0.15, 0.2) is 0 Å². The average molecular weight is 232 g/mol. The van der Waals surface area contributed by atoms with Gasteiger partial charge in [-0.3, -0.25) is 9.80 Å². The fourth-order valence-corrected chi connectivity index (χ4v) is 2.84. The lowest BCUT2D eigenvalue weighted by atomic mass is 9.68. The number of hydrogen-bond acceptors (Lipinski definition) is 2. The van der Waals surface area contributed by atoms with Gasteiger partial charge >= 0.3 is 0 Å². The van der Waals surface area contributed by atoms with Gasteiger partial charge in [0.15, 0.2) is 0 Å². The summed E-state index contributed by atoms with van der Waals surface area (Å²) in [5.41, 5.74) is -0.719. The standard InChI is InChI=1S/C12H22F2N2/c1-4-15-6-5-11(12(13,14)9-15)7-16(8-11)10(2)3/h10H,4-9H2,1-3H3. The smallest absolute Gasteiger partial charge is 0.268 e. The Kier molecular flexibility index (Phi) is 2.99. The number of hydrogen-bond donors (Lipinski definition) is 0. The third kappa shape index (κ3) is 1.76. The molecule has 0 unspecified atom stereocenters. The van der Waals surface area contributed by atoms with Gasteiger partial charge in [0.1, 0.15) is 0 Å². The summed E-state index contributed by atoms with van der Waals surface area (Å²) >= 11 is 0. The molecule has 94 valence electrons. The zero-order chi connectivity index (χ0) is 12.0. The van der Waals surface area contributed by atoms with Gasteiger partial charge in [0.25, 0.3) is 5.92 Å². The SMILES string of the molecule is CCN1CCC2(CN(C(C)C)C2)C(F)(F)C1. The van der Waals surface area contributed by atoms with Crippen molar-refractivity contribution in [2.24, 2.45) is 5.41 Å². The van der Waals surface area contributed by atoms with Crippen molar-refractivity contribution >= 4 is 0 Å². The highest BCUT2D eigenvalue weighted by Crippen LogP contribution is 2.50. The molecule has 2 nitrogen and oxygen atoms in total. The Balaban J connectivity index is 2.02. The quantitative estimate of drug-likeness (QED) is 0.719. The van der Waals surface area contributed by atoms with E-state index in [2.05, 4.69) is 18.7 Å². The maximum atomic E-state index is 14.1. The molecule has 0 amide bonds. The molecule has 0 aromatic heterocycles. The number of halogens is 2. The van der Waals surface area contributed by atoms with Crippen LogP contribution in [0.5, 0.6) is 0 Å². The van der Waals surface area contributed by atoms with Gasteiger partial charge in [-0.25, -0.2) is 8.78 Å². The van der Waals surface area contributed by atoms with Gasteiger partial charge in [-0.2, -0.15) is 0 Å². The second kappa shape index (κ2) is 3.91. The molecule has 0 atom stereocenters. The van der Waals surface area contributed by atoms with E-state index >= 15 is 0 Å². The van der Waals surface area contributed by atoms with Crippen LogP contribution in [0.2, 0.25) is 0 Å². The van der Waals surface area contributed by atoms with Crippen LogP contribution in [0, 0.1) is 5.41 Å². The maximum absolute atomic E-state index is 14.1. The molecule has 2 saturated heterocycles. The van der Waals surface area contributed by atoms with Crippen LogP contribution >= 0.6 is 0 Å². The molecule has 0 bridgehead atoms. The Morgan fingerprint density at radius 2 is 1.81 bits per heavy atom. The summed E-state index contributed by atoms with van der Waals surface area (Å²) in [6.45, 7) is 8.78. The summed E-state index contributed by atoms with van der Waals surface area (Å²) in [5, 5.41) is 0. The van der Waals surface area contributed by atoms with Crippen LogP contribution in [0.4, 0.5) is 8.78 Å². The molecule has 2 fully saturated rings. The molecular formula is C12H22F2N2. The predicted molar refractivity (Wildman–Crippen MR) is 60.8 cm³/mol. The van der Waals surface area contributed by atoms with Gasteiger partial charge in [-0.1, -0.05) is 6.92 Å². The molecule has 0 aliphatic carbocycles. The van der Waals surface area contributed by atoms with E-state index in [1.807, 2.05) is 11.8 Å². The number of nitrogens with zero attached hydrogens (tertiary/aromatic N) is 2. The molecule has 0 saturated carbocycles. The van der Waals surface area contributed by atoms with Crippen LogP contribution in [-0.4, -0.2) is 54.5 Å². The molecule has 4 heteroatoms. The normalized spacial score (nSPS) is 29.6. The first-order valence-electron chi connectivity index (χ1n) is 6.24. The van der Waals surface area contributed by atoms with Gasteiger partial charge in [-0.15, -0.1) is 0 Å². The van der Waals surface area contributed by atoms with Crippen molar-refractivity contribution in [3.8, 4) is 0 Å². The lowest BCUT2D eigenvalue weighted by molar-refractivity contribution is -0.229. The first-order chi connectivity index (χ1) is 7.40. The zero-order valence-electron chi connectivity index (χ0n) is 10.5. The van der Waals surface area contributed by atoms with Crippen molar-refractivity contribution in [3.05, 3.63) is 0 Å². The second-order valence-corrected chi connectivity index (χ2v) is 5.60. The molecule has 16 heavy (non-hydrogen) atoms. The minimum Gasteiger partial charge on any atom is -0.299 e. The van der Waals surface area contributed by atoms with E-state index in [0.717, 1.165) is 13.1 Å². The molecule has 2 heterocycles. The van der Waals surface area contributed by atoms with Crippen LogP contribution in [-0.2, 0) is 0 Å².